The molecule has 0 fully saturated rings. The fourth-order valence-electron chi connectivity index (χ4n) is 2.14. The van der Waals surface area contributed by atoms with Crippen molar-refractivity contribution in [3.05, 3.63) is 71.4 Å². The van der Waals surface area contributed by atoms with Gasteiger partial charge in [0.1, 0.15) is 11.6 Å². The number of nitriles is 1. The fourth-order valence-corrected chi connectivity index (χ4v) is 2.14. The molecule has 0 atom stereocenters. The van der Waals surface area contributed by atoms with Gasteiger partial charge >= 0.3 is 5.97 Å². The second-order valence-electron chi connectivity index (χ2n) is 5.44. The van der Waals surface area contributed by atoms with Crippen LogP contribution in [0.15, 0.2) is 60.3 Å². The molecule has 26 heavy (non-hydrogen) atoms. The average Bonchev–Trinajstić information content (AvgIpc) is 2.63. The van der Waals surface area contributed by atoms with Crippen LogP contribution >= 0.6 is 0 Å². The quantitative estimate of drug-likeness (QED) is 0.472. The smallest absolute Gasteiger partial charge is 0.338 e. The molecule has 0 saturated heterocycles. The summed E-state index contributed by atoms with van der Waals surface area (Å²) in [5, 5.41) is 14.8. The maximum Gasteiger partial charge on any atom is 0.338 e. The van der Waals surface area contributed by atoms with E-state index >= 15 is 0 Å². The topological polar surface area (TPSA) is 91.2 Å². The molecule has 2 rings (SSSR count). The Morgan fingerprint density at radius 2 is 1.88 bits per heavy atom. The lowest BCUT2D eigenvalue weighted by Gasteiger charge is -2.06. The molecule has 6 nitrogen and oxygen atoms in total. The highest BCUT2D eigenvalue weighted by Gasteiger charge is 2.10. The highest BCUT2D eigenvalue weighted by atomic mass is 16.5. The van der Waals surface area contributed by atoms with Crippen molar-refractivity contribution in [3.63, 3.8) is 0 Å². The summed E-state index contributed by atoms with van der Waals surface area (Å²) in [5.41, 5.74) is 2.62. The van der Waals surface area contributed by atoms with Gasteiger partial charge in [0.05, 0.1) is 12.2 Å². The van der Waals surface area contributed by atoms with Gasteiger partial charge in [-0.1, -0.05) is 12.1 Å². The Balaban J connectivity index is 2.03. The molecule has 0 spiro atoms. The van der Waals surface area contributed by atoms with E-state index in [0.717, 1.165) is 5.56 Å². The van der Waals surface area contributed by atoms with E-state index in [0.29, 0.717) is 23.5 Å². The van der Waals surface area contributed by atoms with Crippen LogP contribution in [0.25, 0.3) is 0 Å². The molecule has 2 aromatic rings. The normalized spacial score (nSPS) is 10.6. The van der Waals surface area contributed by atoms with Gasteiger partial charge in [0, 0.05) is 17.6 Å². The first-order chi connectivity index (χ1) is 12.5. The number of anilines is 2. The molecule has 2 N–H and O–H groups in total. The van der Waals surface area contributed by atoms with Gasteiger partial charge in [-0.2, -0.15) is 5.26 Å². The standard InChI is InChI=1S/C20H19N3O3/c1-3-26-20(25)15-7-9-17(10-8-15)22-13-16(12-21)19(24)23-18-6-4-5-14(2)11-18/h4-11,13,22H,3H2,1-2H3,(H,23,24)/b16-13-. The number of nitrogens with zero attached hydrogens (tertiary/aromatic N) is 1. The van der Waals surface area contributed by atoms with Crippen molar-refractivity contribution in [1.82, 2.24) is 0 Å². The molecule has 0 heterocycles. The molecule has 6 heteroatoms. The molecular formula is C20H19N3O3. The molecule has 2 aromatic carbocycles. The predicted octanol–water partition coefficient (Wildman–Crippen LogP) is 3.63. The molecule has 132 valence electrons. The number of carbonyl (C=O) groups is 2. The van der Waals surface area contributed by atoms with Gasteiger partial charge in [0.2, 0.25) is 0 Å². The number of hydrogen-bond acceptors (Lipinski definition) is 5. The molecule has 0 radical (unpaired) electrons. The molecule has 1 amide bonds. The Labute approximate surface area is 152 Å². The van der Waals surface area contributed by atoms with Gasteiger partial charge in [-0.05, 0) is 55.8 Å². The lowest BCUT2D eigenvalue weighted by Crippen LogP contribution is -2.14. The number of nitrogens with one attached hydrogen (secondary N) is 2. The van der Waals surface area contributed by atoms with Crippen molar-refractivity contribution >= 4 is 23.3 Å². The van der Waals surface area contributed by atoms with Crippen LogP contribution in [0.3, 0.4) is 0 Å². The maximum absolute atomic E-state index is 12.2. The van der Waals surface area contributed by atoms with Crippen LogP contribution < -0.4 is 10.6 Å². The number of carbonyl (C=O) groups excluding carboxylic acids is 2. The third-order valence-electron chi connectivity index (χ3n) is 3.42. The third-order valence-corrected chi connectivity index (χ3v) is 3.42. The van der Waals surface area contributed by atoms with Gasteiger partial charge in [0.25, 0.3) is 5.91 Å². The zero-order valence-corrected chi connectivity index (χ0v) is 14.6. The second-order valence-corrected chi connectivity index (χ2v) is 5.44. The first kappa shape index (κ1) is 18.7. The Morgan fingerprint density at radius 3 is 2.50 bits per heavy atom. The SMILES string of the molecule is CCOC(=O)c1ccc(N/C=C(/C#N)C(=O)Nc2cccc(C)c2)cc1. The molecule has 0 aliphatic heterocycles. The van der Waals surface area contributed by atoms with Crippen LogP contribution in [0.4, 0.5) is 11.4 Å². The Hall–Kier alpha value is -3.59. The van der Waals surface area contributed by atoms with E-state index in [4.69, 9.17) is 4.74 Å². The number of benzene rings is 2. The van der Waals surface area contributed by atoms with E-state index < -0.39 is 11.9 Å². The highest BCUT2D eigenvalue weighted by molar-refractivity contribution is 6.06. The van der Waals surface area contributed by atoms with Gasteiger partial charge in [-0.3, -0.25) is 4.79 Å². The highest BCUT2D eigenvalue weighted by Crippen LogP contribution is 2.13. The molecule has 0 saturated carbocycles. The van der Waals surface area contributed by atoms with Gasteiger partial charge < -0.3 is 15.4 Å². The molecular weight excluding hydrogens is 330 g/mol. The van der Waals surface area contributed by atoms with Gasteiger partial charge in [-0.25, -0.2) is 4.79 Å². The zero-order valence-electron chi connectivity index (χ0n) is 14.6. The Kier molecular flexibility index (Phi) is 6.52. The minimum absolute atomic E-state index is 0.0685. The number of hydrogen-bond donors (Lipinski definition) is 2. The molecule has 0 aliphatic rings. The van der Waals surface area contributed by atoms with Crippen LogP contribution in [0.2, 0.25) is 0 Å². The van der Waals surface area contributed by atoms with E-state index in [-0.39, 0.29) is 5.57 Å². The second kappa shape index (κ2) is 9.04. The van der Waals surface area contributed by atoms with Crippen molar-refractivity contribution in [3.8, 4) is 6.07 Å². The van der Waals surface area contributed by atoms with Crippen molar-refractivity contribution in [2.75, 3.05) is 17.2 Å². The first-order valence-corrected chi connectivity index (χ1v) is 8.05. The summed E-state index contributed by atoms with van der Waals surface area (Å²) < 4.78 is 4.91. The number of amides is 1. The monoisotopic (exact) mass is 349 g/mol. The lowest BCUT2D eigenvalue weighted by atomic mass is 10.2. The van der Waals surface area contributed by atoms with Crippen molar-refractivity contribution in [2.24, 2.45) is 0 Å². The maximum atomic E-state index is 12.2. The minimum Gasteiger partial charge on any atom is -0.462 e. The first-order valence-electron chi connectivity index (χ1n) is 8.05. The lowest BCUT2D eigenvalue weighted by molar-refractivity contribution is -0.112. The van der Waals surface area contributed by atoms with E-state index in [1.165, 1.54) is 6.20 Å². The van der Waals surface area contributed by atoms with E-state index in [9.17, 15) is 14.9 Å². The Bertz CT molecular complexity index is 865. The fraction of sp³-hybridized carbons (Fsp3) is 0.150. The number of ether oxygens (including phenoxy) is 1. The largest absolute Gasteiger partial charge is 0.462 e. The third kappa shape index (κ3) is 5.21. The van der Waals surface area contributed by atoms with Gasteiger partial charge in [-0.15, -0.1) is 0 Å². The summed E-state index contributed by atoms with van der Waals surface area (Å²) in [6.07, 6.45) is 1.32. The molecule has 0 bridgehead atoms. The van der Waals surface area contributed by atoms with Gasteiger partial charge in [0.15, 0.2) is 0 Å². The molecule has 0 unspecified atom stereocenters. The van der Waals surface area contributed by atoms with Crippen LogP contribution in [-0.2, 0) is 9.53 Å². The van der Waals surface area contributed by atoms with Crippen LogP contribution in [0.5, 0.6) is 0 Å². The van der Waals surface area contributed by atoms with Crippen molar-refractivity contribution in [2.45, 2.75) is 13.8 Å². The van der Waals surface area contributed by atoms with Crippen LogP contribution in [-0.4, -0.2) is 18.5 Å². The summed E-state index contributed by atoms with van der Waals surface area (Å²) in [4.78, 5) is 23.8. The minimum atomic E-state index is -0.506. The number of esters is 1. The van der Waals surface area contributed by atoms with E-state index in [1.807, 2.05) is 31.2 Å². The van der Waals surface area contributed by atoms with E-state index in [2.05, 4.69) is 10.6 Å². The summed E-state index contributed by atoms with van der Waals surface area (Å²) >= 11 is 0. The average molecular weight is 349 g/mol. The van der Waals surface area contributed by atoms with Crippen molar-refractivity contribution < 1.29 is 14.3 Å². The summed E-state index contributed by atoms with van der Waals surface area (Å²) in [6, 6.07) is 15.7. The summed E-state index contributed by atoms with van der Waals surface area (Å²) in [6.45, 7) is 3.96. The predicted molar refractivity (Wildman–Crippen MR) is 99.5 cm³/mol. The zero-order chi connectivity index (χ0) is 18.9. The molecule has 0 aromatic heterocycles. The van der Waals surface area contributed by atoms with Crippen LogP contribution in [0.1, 0.15) is 22.8 Å². The summed E-state index contributed by atoms with van der Waals surface area (Å²) in [5.74, 6) is -0.904. The summed E-state index contributed by atoms with van der Waals surface area (Å²) in [7, 11) is 0. The number of rotatable bonds is 6. The van der Waals surface area contributed by atoms with E-state index in [1.54, 1.807) is 37.3 Å². The van der Waals surface area contributed by atoms with Crippen LogP contribution in [0, 0.1) is 18.3 Å². The number of aryl methyl sites for hydroxylation is 1. The Morgan fingerprint density at radius 1 is 1.15 bits per heavy atom. The molecule has 0 aliphatic carbocycles. The van der Waals surface area contributed by atoms with Crippen molar-refractivity contribution in [1.29, 1.82) is 5.26 Å².